The zero-order valence-electron chi connectivity index (χ0n) is 16.7. The fraction of sp³-hybridized carbons (Fsp3) is 0.550. The minimum atomic E-state index is -0.000850. The van der Waals surface area contributed by atoms with Crippen molar-refractivity contribution in [1.29, 1.82) is 0 Å². The van der Waals surface area contributed by atoms with Crippen molar-refractivity contribution in [2.45, 2.75) is 37.8 Å². The second kappa shape index (κ2) is 10.5. The topological polar surface area (TPSA) is 72.3 Å². The first kappa shape index (κ1) is 20.7. The van der Waals surface area contributed by atoms with E-state index in [2.05, 4.69) is 56.2 Å². The summed E-state index contributed by atoms with van der Waals surface area (Å²) >= 11 is 1.42. The van der Waals surface area contributed by atoms with Crippen molar-refractivity contribution in [2.24, 2.45) is 0 Å². The van der Waals surface area contributed by atoms with Gasteiger partial charge in [0.15, 0.2) is 5.16 Å². The van der Waals surface area contributed by atoms with Gasteiger partial charge < -0.3 is 15.0 Å². The monoisotopic (exact) mass is 403 g/mol. The van der Waals surface area contributed by atoms with Gasteiger partial charge >= 0.3 is 0 Å². The maximum atomic E-state index is 12.1. The number of hydrogen-bond acceptors (Lipinski definition) is 6. The number of nitrogens with one attached hydrogen (secondary N) is 1. The van der Waals surface area contributed by atoms with Crippen LogP contribution >= 0.6 is 11.8 Å². The first-order chi connectivity index (χ1) is 13.7. The SMILES string of the molecule is COCCCNC(=O)CSc1nnc(N2CCCCC2)n1-c1ccc(C)cc1. The molecule has 1 aliphatic rings. The van der Waals surface area contributed by atoms with Gasteiger partial charge in [-0.3, -0.25) is 9.36 Å². The number of anilines is 1. The summed E-state index contributed by atoms with van der Waals surface area (Å²) in [6.45, 7) is 5.33. The fourth-order valence-corrected chi connectivity index (χ4v) is 3.98. The van der Waals surface area contributed by atoms with Crippen LogP contribution in [0, 0.1) is 6.92 Å². The lowest BCUT2D eigenvalue weighted by Crippen LogP contribution is -2.31. The highest BCUT2D eigenvalue weighted by Crippen LogP contribution is 2.28. The summed E-state index contributed by atoms with van der Waals surface area (Å²) in [5.41, 5.74) is 2.24. The molecule has 1 aliphatic heterocycles. The molecule has 1 saturated heterocycles. The highest BCUT2D eigenvalue weighted by molar-refractivity contribution is 7.99. The highest BCUT2D eigenvalue weighted by atomic mass is 32.2. The summed E-state index contributed by atoms with van der Waals surface area (Å²) in [5, 5.41) is 12.5. The molecular weight excluding hydrogens is 374 g/mol. The molecule has 28 heavy (non-hydrogen) atoms. The van der Waals surface area contributed by atoms with E-state index < -0.39 is 0 Å². The number of methoxy groups -OCH3 is 1. The van der Waals surface area contributed by atoms with Gasteiger partial charge in [-0.1, -0.05) is 29.5 Å². The van der Waals surface area contributed by atoms with Crippen LogP contribution in [-0.2, 0) is 9.53 Å². The van der Waals surface area contributed by atoms with Gasteiger partial charge in [-0.25, -0.2) is 0 Å². The number of carbonyl (C=O) groups is 1. The van der Waals surface area contributed by atoms with Crippen LogP contribution in [0.4, 0.5) is 5.95 Å². The Morgan fingerprint density at radius 2 is 1.93 bits per heavy atom. The number of rotatable bonds is 9. The lowest BCUT2D eigenvalue weighted by Gasteiger charge is -2.27. The van der Waals surface area contributed by atoms with Crippen molar-refractivity contribution >= 4 is 23.6 Å². The number of ether oxygens (including phenoxy) is 1. The van der Waals surface area contributed by atoms with E-state index in [9.17, 15) is 4.79 Å². The Balaban J connectivity index is 1.74. The summed E-state index contributed by atoms with van der Waals surface area (Å²) in [6, 6.07) is 8.35. The van der Waals surface area contributed by atoms with Gasteiger partial charge in [0.1, 0.15) is 0 Å². The van der Waals surface area contributed by atoms with E-state index in [1.165, 1.54) is 36.6 Å². The standard InChI is InChI=1S/C20H29N5O2S/c1-16-7-9-17(10-8-16)25-19(24-12-4-3-5-13-24)22-23-20(25)28-15-18(26)21-11-6-14-27-2/h7-10H,3-6,11-15H2,1-2H3,(H,21,26). The molecule has 1 fully saturated rings. The number of aryl methyl sites for hydroxylation is 1. The van der Waals surface area contributed by atoms with Crippen molar-refractivity contribution in [3.63, 3.8) is 0 Å². The molecule has 2 heterocycles. The summed E-state index contributed by atoms with van der Waals surface area (Å²) in [5.74, 6) is 1.18. The van der Waals surface area contributed by atoms with Gasteiger partial charge in [0, 0.05) is 33.4 Å². The number of amides is 1. The zero-order valence-corrected chi connectivity index (χ0v) is 17.5. The third-order valence-corrected chi connectivity index (χ3v) is 5.66. The van der Waals surface area contributed by atoms with E-state index >= 15 is 0 Å². The van der Waals surface area contributed by atoms with Gasteiger partial charge in [-0.2, -0.15) is 0 Å². The van der Waals surface area contributed by atoms with Crippen molar-refractivity contribution in [1.82, 2.24) is 20.1 Å². The molecule has 0 bridgehead atoms. The maximum absolute atomic E-state index is 12.1. The van der Waals surface area contributed by atoms with Crippen LogP contribution in [-0.4, -0.2) is 59.8 Å². The number of nitrogens with zero attached hydrogens (tertiary/aromatic N) is 4. The van der Waals surface area contributed by atoms with E-state index in [1.807, 2.05) is 0 Å². The van der Waals surface area contributed by atoms with Crippen LogP contribution in [0.2, 0.25) is 0 Å². The van der Waals surface area contributed by atoms with Crippen molar-refractivity contribution in [3.05, 3.63) is 29.8 Å². The van der Waals surface area contributed by atoms with Gasteiger partial charge in [0.2, 0.25) is 11.9 Å². The molecule has 2 aromatic rings. The normalized spacial score (nSPS) is 14.3. The van der Waals surface area contributed by atoms with Gasteiger partial charge in [-0.05, 0) is 44.7 Å². The predicted molar refractivity (Wildman–Crippen MR) is 112 cm³/mol. The molecule has 7 nitrogen and oxygen atoms in total. The second-order valence-corrected chi connectivity index (χ2v) is 7.93. The fourth-order valence-electron chi connectivity index (χ4n) is 3.20. The molecule has 0 aliphatic carbocycles. The Morgan fingerprint density at radius 3 is 2.64 bits per heavy atom. The number of aromatic nitrogens is 3. The number of carbonyl (C=O) groups excluding carboxylic acids is 1. The first-order valence-electron chi connectivity index (χ1n) is 9.85. The Kier molecular flexibility index (Phi) is 7.73. The lowest BCUT2D eigenvalue weighted by atomic mass is 10.1. The largest absolute Gasteiger partial charge is 0.385 e. The van der Waals surface area contributed by atoms with Crippen LogP contribution in [0.5, 0.6) is 0 Å². The Bertz CT molecular complexity index is 756. The molecule has 0 radical (unpaired) electrons. The van der Waals surface area contributed by atoms with Crippen molar-refractivity contribution in [3.8, 4) is 5.69 Å². The van der Waals surface area contributed by atoms with Gasteiger partial charge in [0.05, 0.1) is 11.4 Å². The maximum Gasteiger partial charge on any atom is 0.232 e. The molecule has 0 spiro atoms. The van der Waals surface area contributed by atoms with Crippen LogP contribution in [0.1, 0.15) is 31.2 Å². The van der Waals surface area contributed by atoms with E-state index in [1.54, 1.807) is 7.11 Å². The molecule has 1 amide bonds. The Labute approximate surface area is 170 Å². The third-order valence-electron chi connectivity index (χ3n) is 4.73. The zero-order chi connectivity index (χ0) is 19.8. The molecule has 1 aromatic heterocycles. The number of benzene rings is 1. The lowest BCUT2D eigenvalue weighted by molar-refractivity contribution is -0.118. The van der Waals surface area contributed by atoms with E-state index in [4.69, 9.17) is 4.74 Å². The minimum Gasteiger partial charge on any atom is -0.385 e. The average Bonchev–Trinajstić information content (AvgIpc) is 3.15. The quantitative estimate of drug-likeness (QED) is 0.513. The van der Waals surface area contributed by atoms with Crippen LogP contribution in [0.15, 0.2) is 29.4 Å². The number of piperidine rings is 1. The third kappa shape index (κ3) is 5.48. The van der Waals surface area contributed by atoms with Crippen LogP contribution in [0.3, 0.4) is 0 Å². The van der Waals surface area contributed by atoms with Crippen LogP contribution in [0.25, 0.3) is 5.69 Å². The number of hydrogen-bond donors (Lipinski definition) is 1. The molecule has 152 valence electrons. The molecule has 1 aromatic carbocycles. The van der Waals surface area contributed by atoms with Gasteiger partial charge in [-0.15, -0.1) is 10.2 Å². The molecule has 0 saturated carbocycles. The van der Waals surface area contributed by atoms with Crippen LogP contribution < -0.4 is 10.2 Å². The summed E-state index contributed by atoms with van der Waals surface area (Å²) < 4.78 is 7.08. The average molecular weight is 404 g/mol. The highest BCUT2D eigenvalue weighted by Gasteiger charge is 2.22. The van der Waals surface area contributed by atoms with Gasteiger partial charge in [0.25, 0.3) is 0 Å². The molecule has 0 unspecified atom stereocenters. The predicted octanol–water partition coefficient (Wildman–Crippen LogP) is 2.81. The summed E-state index contributed by atoms with van der Waals surface area (Å²) in [6.07, 6.45) is 4.42. The Hall–Kier alpha value is -2.06. The Morgan fingerprint density at radius 1 is 1.18 bits per heavy atom. The summed E-state index contributed by atoms with van der Waals surface area (Å²) in [4.78, 5) is 14.4. The molecule has 3 rings (SSSR count). The van der Waals surface area contributed by atoms with E-state index in [-0.39, 0.29) is 5.91 Å². The molecular formula is C20H29N5O2S. The first-order valence-corrected chi connectivity index (χ1v) is 10.8. The van der Waals surface area contributed by atoms with Crippen molar-refractivity contribution < 1.29 is 9.53 Å². The van der Waals surface area contributed by atoms with Crippen molar-refractivity contribution in [2.75, 3.05) is 44.0 Å². The molecule has 8 heteroatoms. The molecule has 0 atom stereocenters. The van der Waals surface area contributed by atoms with E-state index in [0.29, 0.717) is 18.9 Å². The minimum absolute atomic E-state index is 0.000850. The second-order valence-electron chi connectivity index (χ2n) is 6.99. The summed E-state index contributed by atoms with van der Waals surface area (Å²) in [7, 11) is 1.66. The molecule has 1 N–H and O–H groups in total. The van der Waals surface area contributed by atoms with E-state index in [0.717, 1.165) is 36.3 Å². The number of thioether (sulfide) groups is 1. The smallest absolute Gasteiger partial charge is 0.232 e.